The van der Waals surface area contributed by atoms with Crippen LogP contribution in [0.25, 0.3) is 11.0 Å². The molecule has 7 rings (SSSR count). The lowest BCUT2D eigenvalue weighted by atomic mass is 9.38. The van der Waals surface area contributed by atoms with E-state index in [0.29, 0.717) is 49.0 Å². The standard InChI is InChI=1S/C26H21ClFNO6/c27-18-4-2-16(7-19(18)28)34-10-15(30)9-25-11-26(12-25,13-25)29-24(32)21-8-20(31)17-3-1-14-5-6-33-22(14)23(17)35-21/h1-4,7-8H,5-6,9-13H2,(H,29,32). The van der Waals surface area contributed by atoms with Crippen LogP contribution >= 0.6 is 11.6 Å². The Morgan fingerprint density at radius 2 is 1.94 bits per heavy atom. The van der Waals surface area contributed by atoms with Crippen LogP contribution in [0, 0.1) is 11.2 Å². The second-order valence-electron chi connectivity index (χ2n) is 9.85. The van der Waals surface area contributed by atoms with Crippen molar-refractivity contribution in [1.82, 2.24) is 5.32 Å². The van der Waals surface area contributed by atoms with E-state index in [1.807, 2.05) is 6.07 Å². The van der Waals surface area contributed by atoms with E-state index in [-0.39, 0.29) is 45.3 Å². The van der Waals surface area contributed by atoms with Crippen molar-refractivity contribution in [3.05, 3.63) is 68.8 Å². The van der Waals surface area contributed by atoms with Crippen molar-refractivity contribution in [2.75, 3.05) is 13.2 Å². The first kappa shape index (κ1) is 22.1. The zero-order valence-corrected chi connectivity index (χ0v) is 19.4. The number of benzene rings is 2. The van der Waals surface area contributed by atoms with Crippen molar-refractivity contribution in [1.29, 1.82) is 0 Å². The van der Waals surface area contributed by atoms with Gasteiger partial charge in [0.25, 0.3) is 5.91 Å². The van der Waals surface area contributed by atoms with Crippen LogP contribution in [0.15, 0.2) is 45.6 Å². The van der Waals surface area contributed by atoms with Crippen LogP contribution in [0.2, 0.25) is 5.02 Å². The zero-order chi connectivity index (χ0) is 24.4. The monoisotopic (exact) mass is 497 g/mol. The van der Waals surface area contributed by atoms with E-state index in [2.05, 4.69) is 5.32 Å². The molecule has 0 radical (unpaired) electrons. The van der Waals surface area contributed by atoms with E-state index < -0.39 is 11.7 Å². The third-order valence-corrected chi connectivity index (χ3v) is 7.46. The van der Waals surface area contributed by atoms with Gasteiger partial charge in [-0.1, -0.05) is 17.7 Å². The van der Waals surface area contributed by atoms with Gasteiger partial charge in [-0.25, -0.2) is 4.39 Å². The number of fused-ring (bicyclic) bond motifs is 3. The Labute approximate surface area is 204 Å². The van der Waals surface area contributed by atoms with Gasteiger partial charge in [0.2, 0.25) is 0 Å². The SMILES string of the molecule is O=C(COc1ccc(Cl)c(F)c1)CC12CC(NC(=O)c3cc(=O)c4ccc5c(c4o3)OCC5)(C1)C2. The summed E-state index contributed by atoms with van der Waals surface area (Å²) in [5.41, 5.74) is 0.417. The number of ether oxygens (including phenoxy) is 2. The van der Waals surface area contributed by atoms with Crippen LogP contribution in [-0.2, 0) is 11.2 Å². The van der Waals surface area contributed by atoms with Crippen molar-refractivity contribution in [2.45, 2.75) is 37.6 Å². The Morgan fingerprint density at radius 1 is 1.14 bits per heavy atom. The topological polar surface area (TPSA) is 94.8 Å². The summed E-state index contributed by atoms with van der Waals surface area (Å²) in [5.74, 6) is -0.422. The molecule has 7 nitrogen and oxygen atoms in total. The highest BCUT2D eigenvalue weighted by Gasteiger charge is 2.68. The Balaban J connectivity index is 1.07. The number of hydrogen-bond acceptors (Lipinski definition) is 6. The molecule has 2 heterocycles. The first-order chi connectivity index (χ1) is 16.7. The summed E-state index contributed by atoms with van der Waals surface area (Å²) in [6.45, 7) is 0.358. The van der Waals surface area contributed by atoms with Gasteiger partial charge in [-0.3, -0.25) is 14.4 Å². The lowest BCUT2D eigenvalue weighted by Gasteiger charge is -2.70. The molecule has 9 heteroatoms. The maximum Gasteiger partial charge on any atom is 0.287 e. The highest BCUT2D eigenvalue weighted by molar-refractivity contribution is 6.30. The van der Waals surface area contributed by atoms with E-state index in [9.17, 15) is 18.8 Å². The molecule has 3 aliphatic carbocycles. The second kappa shape index (κ2) is 7.81. The van der Waals surface area contributed by atoms with E-state index in [4.69, 9.17) is 25.5 Å². The van der Waals surface area contributed by atoms with Crippen molar-refractivity contribution in [3.63, 3.8) is 0 Å². The Morgan fingerprint density at radius 3 is 2.71 bits per heavy atom. The maximum absolute atomic E-state index is 13.5. The number of Topliss-reactive ketones (excluding diaryl/α,β-unsaturated/α-hetero) is 1. The number of ketones is 1. The van der Waals surface area contributed by atoms with Crippen LogP contribution < -0.4 is 20.2 Å². The van der Waals surface area contributed by atoms with Crippen LogP contribution in [0.4, 0.5) is 4.39 Å². The predicted molar refractivity (Wildman–Crippen MR) is 125 cm³/mol. The summed E-state index contributed by atoms with van der Waals surface area (Å²) < 4.78 is 30.3. The second-order valence-corrected chi connectivity index (χ2v) is 10.3. The van der Waals surface area contributed by atoms with Crippen LogP contribution in [0.3, 0.4) is 0 Å². The molecule has 1 amide bonds. The molecule has 3 fully saturated rings. The molecule has 2 bridgehead atoms. The average Bonchev–Trinajstić information content (AvgIpc) is 3.27. The van der Waals surface area contributed by atoms with E-state index >= 15 is 0 Å². The summed E-state index contributed by atoms with van der Waals surface area (Å²) in [7, 11) is 0. The quantitative estimate of drug-likeness (QED) is 0.525. The summed E-state index contributed by atoms with van der Waals surface area (Å²) >= 11 is 5.65. The number of nitrogens with one attached hydrogen (secondary N) is 1. The fourth-order valence-electron chi connectivity index (χ4n) is 5.79. The largest absolute Gasteiger partial charge is 0.489 e. The maximum atomic E-state index is 13.5. The smallest absolute Gasteiger partial charge is 0.287 e. The molecule has 1 aromatic heterocycles. The van der Waals surface area contributed by atoms with Crippen molar-refractivity contribution >= 4 is 34.3 Å². The summed E-state index contributed by atoms with van der Waals surface area (Å²) in [4.78, 5) is 37.9. The van der Waals surface area contributed by atoms with Gasteiger partial charge in [-0.15, -0.1) is 0 Å². The fraction of sp³-hybridized carbons (Fsp3) is 0.346. The summed E-state index contributed by atoms with van der Waals surface area (Å²) in [5, 5.41) is 3.37. The number of carbonyl (C=O) groups is 2. The fourth-order valence-corrected chi connectivity index (χ4v) is 5.90. The minimum atomic E-state index is -0.604. The van der Waals surface area contributed by atoms with Gasteiger partial charge in [-0.05, 0) is 42.9 Å². The molecule has 180 valence electrons. The van der Waals surface area contributed by atoms with E-state index in [0.717, 1.165) is 18.1 Å². The number of amides is 1. The Hall–Kier alpha value is -3.39. The molecular weight excluding hydrogens is 477 g/mol. The van der Waals surface area contributed by atoms with Gasteiger partial charge in [0, 0.05) is 36.1 Å². The number of rotatable bonds is 7. The average molecular weight is 498 g/mol. The van der Waals surface area contributed by atoms with Crippen molar-refractivity contribution < 1.29 is 27.9 Å². The molecule has 4 aliphatic rings. The highest BCUT2D eigenvalue weighted by atomic mass is 35.5. The lowest BCUT2D eigenvalue weighted by molar-refractivity contribution is -0.162. The van der Waals surface area contributed by atoms with Gasteiger partial charge in [-0.2, -0.15) is 0 Å². The van der Waals surface area contributed by atoms with E-state index in [1.165, 1.54) is 18.2 Å². The third kappa shape index (κ3) is 3.76. The molecule has 0 atom stereocenters. The molecule has 3 saturated carbocycles. The third-order valence-electron chi connectivity index (χ3n) is 7.16. The number of hydrogen-bond donors (Lipinski definition) is 1. The molecule has 1 N–H and O–H groups in total. The summed E-state index contributed by atoms with van der Waals surface area (Å²) in [6, 6.07) is 8.79. The minimum absolute atomic E-state index is 0.00917. The van der Waals surface area contributed by atoms with Gasteiger partial charge in [0.15, 0.2) is 28.3 Å². The molecule has 0 spiro atoms. The molecular formula is C26H21ClFNO6. The highest BCUT2D eigenvalue weighted by Crippen LogP contribution is 2.69. The number of halogens is 2. The van der Waals surface area contributed by atoms with Crippen molar-refractivity contribution in [3.8, 4) is 11.5 Å². The van der Waals surface area contributed by atoms with E-state index in [1.54, 1.807) is 6.07 Å². The first-order valence-electron chi connectivity index (χ1n) is 11.4. The van der Waals surface area contributed by atoms with Crippen LogP contribution in [0.1, 0.15) is 41.8 Å². The van der Waals surface area contributed by atoms with Crippen LogP contribution in [0.5, 0.6) is 11.5 Å². The van der Waals surface area contributed by atoms with Gasteiger partial charge < -0.3 is 19.2 Å². The molecule has 1 aliphatic heterocycles. The number of carbonyl (C=O) groups excluding carboxylic acids is 2. The molecule has 3 aromatic rings. The minimum Gasteiger partial charge on any atom is -0.489 e. The molecule has 0 saturated heterocycles. The summed E-state index contributed by atoms with van der Waals surface area (Å²) in [6.07, 6.45) is 3.07. The predicted octanol–water partition coefficient (Wildman–Crippen LogP) is 4.21. The van der Waals surface area contributed by atoms with Crippen molar-refractivity contribution in [2.24, 2.45) is 5.41 Å². The van der Waals surface area contributed by atoms with Gasteiger partial charge in [0.1, 0.15) is 18.2 Å². The van der Waals surface area contributed by atoms with Crippen LogP contribution in [-0.4, -0.2) is 30.4 Å². The Bertz CT molecular complexity index is 1440. The normalized spacial score (nSPS) is 23.6. The lowest BCUT2D eigenvalue weighted by Crippen LogP contribution is -2.75. The van der Waals surface area contributed by atoms with Gasteiger partial charge >= 0.3 is 0 Å². The molecule has 2 aromatic carbocycles. The van der Waals surface area contributed by atoms with Gasteiger partial charge in [0.05, 0.1) is 17.0 Å². The Kier molecular flexibility index (Phi) is 4.93. The molecule has 35 heavy (non-hydrogen) atoms. The first-order valence-corrected chi connectivity index (χ1v) is 11.8. The zero-order valence-electron chi connectivity index (χ0n) is 18.6. The molecule has 0 unspecified atom stereocenters.